The van der Waals surface area contributed by atoms with Crippen LogP contribution in [-0.2, 0) is 6.42 Å². The summed E-state index contributed by atoms with van der Waals surface area (Å²) in [5.41, 5.74) is 0.845. The number of thiazole rings is 1. The van der Waals surface area contributed by atoms with Crippen molar-refractivity contribution in [3.63, 3.8) is 0 Å². The standard InChI is InChI=1S/C21H34N4O2S/c1-14(2)13-18-22-15(3)19(28-18)20(26)25-11-9-17(10-12-25)24-21(27)23-16-7-5-4-6-8-16/h14,16-17H,4-13H2,1-3H3,(H2,23,24,27). The van der Waals surface area contributed by atoms with Gasteiger partial charge in [-0.05, 0) is 38.5 Å². The van der Waals surface area contributed by atoms with E-state index in [1.165, 1.54) is 30.6 Å². The molecule has 0 unspecified atom stereocenters. The Labute approximate surface area is 172 Å². The number of amides is 3. The van der Waals surface area contributed by atoms with E-state index in [2.05, 4.69) is 29.5 Å². The Bertz CT molecular complexity index is 674. The third-order valence-electron chi connectivity index (χ3n) is 5.68. The maximum Gasteiger partial charge on any atom is 0.315 e. The van der Waals surface area contributed by atoms with Gasteiger partial charge in [-0.25, -0.2) is 9.78 Å². The fourth-order valence-electron chi connectivity index (χ4n) is 4.12. The Hall–Kier alpha value is -1.63. The predicted octanol–water partition coefficient (Wildman–Crippen LogP) is 3.89. The molecule has 2 aliphatic rings. The molecule has 28 heavy (non-hydrogen) atoms. The number of rotatable bonds is 5. The van der Waals surface area contributed by atoms with Crippen molar-refractivity contribution in [1.29, 1.82) is 0 Å². The molecule has 7 heteroatoms. The second kappa shape index (κ2) is 9.72. The van der Waals surface area contributed by atoms with Gasteiger partial charge in [0.2, 0.25) is 0 Å². The van der Waals surface area contributed by atoms with Crippen molar-refractivity contribution in [2.24, 2.45) is 5.92 Å². The summed E-state index contributed by atoms with van der Waals surface area (Å²) >= 11 is 1.54. The third-order valence-corrected chi connectivity index (χ3v) is 6.84. The van der Waals surface area contributed by atoms with Gasteiger partial charge in [0.1, 0.15) is 4.88 Å². The van der Waals surface area contributed by atoms with Crippen LogP contribution in [0.25, 0.3) is 0 Å². The van der Waals surface area contributed by atoms with Gasteiger partial charge in [0.15, 0.2) is 0 Å². The number of nitrogens with zero attached hydrogens (tertiary/aromatic N) is 2. The number of nitrogens with one attached hydrogen (secondary N) is 2. The van der Waals surface area contributed by atoms with E-state index >= 15 is 0 Å². The summed E-state index contributed by atoms with van der Waals surface area (Å²) < 4.78 is 0. The minimum absolute atomic E-state index is 0.0479. The average Bonchev–Trinajstić information content (AvgIpc) is 3.02. The van der Waals surface area contributed by atoms with Crippen molar-refractivity contribution < 1.29 is 9.59 Å². The molecule has 6 nitrogen and oxygen atoms in total. The first-order valence-corrected chi connectivity index (χ1v) is 11.6. The molecule has 2 fully saturated rings. The van der Waals surface area contributed by atoms with Gasteiger partial charge in [0.05, 0.1) is 10.7 Å². The van der Waals surface area contributed by atoms with Crippen LogP contribution in [0.1, 0.15) is 79.2 Å². The number of carbonyl (C=O) groups excluding carboxylic acids is 2. The van der Waals surface area contributed by atoms with Crippen molar-refractivity contribution >= 4 is 23.3 Å². The zero-order chi connectivity index (χ0) is 20.1. The van der Waals surface area contributed by atoms with Crippen molar-refractivity contribution in [2.45, 2.75) is 84.2 Å². The Balaban J connectivity index is 1.46. The van der Waals surface area contributed by atoms with Gasteiger partial charge in [-0.3, -0.25) is 4.79 Å². The Morgan fingerprint density at radius 1 is 1.07 bits per heavy atom. The fraction of sp³-hybridized carbons (Fsp3) is 0.762. The highest BCUT2D eigenvalue weighted by Gasteiger charge is 2.27. The first kappa shape index (κ1) is 21.1. The molecular weight excluding hydrogens is 372 g/mol. The molecule has 0 atom stereocenters. The van der Waals surface area contributed by atoms with Gasteiger partial charge in [-0.2, -0.15) is 0 Å². The predicted molar refractivity (Wildman–Crippen MR) is 113 cm³/mol. The SMILES string of the molecule is Cc1nc(CC(C)C)sc1C(=O)N1CCC(NC(=O)NC2CCCCC2)CC1. The molecule has 1 aliphatic carbocycles. The van der Waals surface area contributed by atoms with Crippen LogP contribution in [0.2, 0.25) is 0 Å². The van der Waals surface area contributed by atoms with Crippen molar-refractivity contribution in [3.8, 4) is 0 Å². The van der Waals surface area contributed by atoms with Crippen LogP contribution in [0.5, 0.6) is 0 Å². The molecule has 0 spiro atoms. The lowest BCUT2D eigenvalue weighted by molar-refractivity contribution is 0.0712. The molecule has 1 aromatic heterocycles. The van der Waals surface area contributed by atoms with Crippen molar-refractivity contribution in [1.82, 2.24) is 20.5 Å². The zero-order valence-electron chi connectivity index (χ0n) is 17.4. The number of hydrogen-bond donors (Lipinski definition) is 2. The summed E-state index contributed by atoms with van der Waals surface area (Å²) in [5.74, 6) is 0.630. The van der Waals surface area contributed by atoms with Crippen LogP contribution in [0.4, 0.5) is 4.79 Å². The highest BCUT2D eigenvalue weighted by Crippen LogP contribution is 2.24. The van der Waals surface area contributed by atoms with E-state index in [4.69, 9.17) is 0 Å². The molecule has 3 amide bonds. The molecule has 1 aromatic rings. The lowest BCUT2D eigenvalue weighted by atomic mass is 9.96. The largest absolute Gasteiger partial charge is 0.338 e. The summed E-state index contributed by atoms with van der Waals surface area (Å²) in [6.07, 6.45) is 8.41. The van der Waals surface area contributed by atoms with E-state index < -0.39 is 0 Å². The molecule has 0 aromatic carbocycles. The first-order valence-electron chi connectivity index (χ1n) is 10.7. The number of piperidine rings is 1. The Morgan fingerprint density at radius 3 is 2.29 bits per heavy atom. The van der Waals surface area contributed by atoms with Crippen molar-refractivity contribution in [2.75, 3.05) is 13.1 Å². The van der Waals surface area contributed by atoms with E-state index in [1.807, 2.05) is 11.8 Å². The monoisotopic (exact) mass is 406 g/mol. The quantitative estimate of drug-likeness (QED) is 0.779. The second-order valence-corrected chi connectivity index (χ2v) is 9.72. The van der Waals surface area contributed by atoms with E-state index in [-0.39, 0.29) is 18.0 Å². The topological polar surface area (TPSA) is 74.3 Å². The summed E-state index contributed by atoms with van der Waals surface area (Å²) in [5, 5.41) is 7.27. The average molecular weight is 407 g/mol. The molecule has 1 saturated carbocycles. The highest BCUT2D eigenvalue weighted by atomic mass is 32.1. The van der Waals surface area contributed by atoms with Crippen LogP contribution < -0.4 is 10.6 Å². The van der Waals surface area contributed by atoms with Gasteiger partial charge in [0.25, 0.3) is 5.91 Å². The summed E-state index contributed by atoms with van der Waals surface area (Å²) in [6, 6.07) is 0.421. The first-order chi connectivity index (χ1) is 13.4. The van der Waals surface area contributed by atoms with Crippen LogP contribution >= 0.6 is 11.3 Å². The number of aromatic nitrogens is 1. The molecule has 2 heterocycles. The summed E-state index contributed by atoms with van der Waals surface area (Å²) in [4.78, 5) is 32.4. The maximum atomic E-state index is 12.9. The van der Waals surface area contributed by atoms with E-state index in [9.17, 15) is 9.59 Å². The van der Waals surface area contributed by atoms with Gasteiger partial charge >= 0.3 is 6.03 Å². The van der Waals surface area contributed by atoms with Gasteiger partial charge in [-0.15, -0.1) is 11.3 Å². The number of hydrogen-bond acceptors (Lipinski definition) is 4. The number of likely N-dealkylation sites (tertiary alicyclic amines) is 1. The van der Waals surface area contributed by atoms with E-state index in [0.717, 1.165) is 47.7 Å². The maximum absolute atomic E-state index is 12.9. The third kappa shape index (κ3) is 5.69. The normalized spacial score (nSPS) is 19.1. The van der Waals surface area contributed by atoms with Crippen LogP contribution in [-0.4, -0.2) is 47.0 Å². The van der Waals surface area contributed by atoms with Crippen LogP contribution in [0.15, 0.2) is 0 Å². The van der Waals surface area contributed by atoms with E-state index in [1.54, 1.807) is 0 Å². The lowest BCUT2D eigenvalue weighted by Crippen LogP contribution is -2.51. The second-order valence-electron chi connectivity index (χ2n) is 8.64. The minimum Gasteiger partial charge on any atom is -0.338 e. The Kier molecular flexibility index (Phi) is 7.32. The number of aryl methyl sites for hydroxylation is 1. The molecule has 3 rings (SSSR count). The van der Waals surface area contributed by atoms with E-state index in [0.29, 0.717) is 25.0 Å². The van der Waals surface area contributed by atoms with Gasteiger partial charge in [0, 0.05) is 31.6 Å². The fourth-order valence-corrected chi connectivity index (χ4v) is 5.36. The highest BCUT2D eigenvalue weighted by molar-refractivity contribution is 7.13. The zero-order valence-corrected chi connectivity index (χ0v) is 18.2. The molecule has 0 radical (unpaired) electrons. The lowest BCUT2D eigenvalue weighted by Gasteiger charge is -2.33. The molecule has 0 bridgehead atoms. The smallest absolute Gasteiger partial charge is 0.315 e. The van der Waals surface area contributed by atoms with Crippen molar-refractivity contribution in [3.05, 3.63) is 15.6 Å². The Morgan fingerprint density at radius 2 is 1.68 bits per heavy atom. The molecule has 1 saturated heterocycles. The number of carbonyl (C=O) groups is 2. The summed E-state index contributed by atoms with van der Waals surface area (Å²) in [6.45, 7) is 7.63. The van der Waals surface area contributed by atoms with Crippen LogP contribution in [0, 0.1) is 12.8 Å². The molecule has 2 N–H and O–H groups in total. The van der Waals surface area contributed by atoms with Gasteiger partial charge in [-0.1, -0.05) is 33.1 Å². The molecule has 156 valence electrons. The van der Waals surface area contributed by atoms with Crippen LogP contribution in [0.3, 0.4) is 0 Å². The minimum atomic E-state index is -0.0479. The summed E-state index contributed by atoms with van der Waals surface area (Å²) in [7, 11) is 0. The number of urea groups is 1. The van der Waals surface area contributed by atoms with Gasteiger partial charge < -0.3 is 15.5 Å². The molecular formula is C21H34N4O2S. The molecule has 1 aliphatic heterocycles.